The fraction of sp³-hybridized carbons (Fsp3) is 0.538. The lowest BCUT2D eigenvalue weighted by Gasteiger charge is -2.14. The van der Waals surface area contributed by atoms with Crippen molar-refractivity contribution in [2.75, 3.05) is 13.2 Å². The number of aliphatic hydroxyl groups is 1. The number of aryl methyl sites for hydroxylation is 1. The van der Waals surface area contributed by atoms with Crippen molar-refractivity contribution in [2.45, 2.75) is 32.7 Å². The molecular formula is C13H21NO2. The summed E-state index contributed by atoms with van der Waals surface area (Å²) in [5, 5.41) is 8.67. The Balaban J connectivity index is 2.65. The standard InChI is InChI=1S/C13H21NO2/c1-10-5-6-12(11(2)14)13(9-10)16-8-4-3-7-15/h5-6,9,11,15H,3-4,7-8,14H2,1-2H3/t11-/m0/s1. The molecule has 0 aromatic heterocycles. The van der Waals surface area contributed by atoms with E-state index in [0.717, 1.165) is 24.2 Å². The molecule has 0 aliphatic carbocycles. The van der Waals surface area contributed by atoms with E-state index in [4.69, 9.17) is 15.6 Å². The monoisotopic (exact) mass is 223 g/mol. The zero-order chi connectivity index (χ0) is 12.0. The number of unbranched alkanes of at least 4 members (excludes halogenated alkanes) is 1. The van der Waals surface area contributed by atoms with E-state index in [-0.39, 0.29) is 12.6 Å². The van der Waals surface area contributed by atoms with Crippen LogP contribution >= 0.6 is 0 Å². The maximum absolute atomic E-state index is 8.67. The van der Waals surface area contributed by atoms with Crippen LogP contribution in [-0.4, -0.2) is 18.3 Å². The van der Waals surface area contributed by atoms with Crippen molar-refractivity contribution in [1.82, 2.24) is 0 Å². The third-order valence-electron chi connectivity index (χ3n) is 2.47. The van der Waals surface area contributed by atoms with E-state index in [1.807, 2.05) is 32.0 Å². The summed E-state index contributed by atoms with van der Waals surface area (Å²) in [4.78, 5) is 0. The van der Waals surface area contributed by atoms with E-state index in [2.05, 4.69) is 0 Å². The molecule has 0 spiro atoms. The first-order valence-electron chi connectivity index (χ1n) is 5.75. The van der Waals surface area contributed by atoms with Gasteiger partial charge < -0.3 is 15.6 Å². The maximum atomic E-state index is 8.67. The van der Waals surface area contributed by atoms with Crippen LogP contribution in [0.1, 0.15) is 36.9 Å². The van der Waals surface area contributed by atoms with E-state index in [9.17, 15) is 0 Å². The van der Waals surface area contributed by atoms with Crippen molar-refractivity contribution < 1.29 is 9.84 Å². The molecule has 3 heteroatoms. The highest BCUT2D eigenvalue weighted by Gasteiger charge is 2.07. The molecule has 1 rings (SSSR count). The second-order valence-corrected chi connectivity index (χ2v) is 4.11. The van der Waals surface area contributed by atoms with Crippen LogP contribution < -0.4 is 10.5 Å². The Kier molecular flexibility index (Phi) is 5.29. The minimum absolute atomic E-state index is 0.0200. The van der Waals surface area contributed by atoms with Gasteiger partial charge in [-0.25, -0.2) is 0 Å². The van der Waals surface area contributed by atoms with Crippen molar-refractivity contribution in [3.05, 3.63) is 29.3 Å². The molecule has 16 heavy (non-hydrogen) atoms. The Morgan fingerprint density at radius 2 is 2.12 bits per heavy atom. The van der Waals surface area contributed by atoms with Gasteiger partial charge in [0, 0.05) is 18.2 Å². The third-order valence-corrected chi connectivity index (χ3v) is 2.47. The highest BCUT2D eigenvalue weighted by molar-refractivity contribution is 5.38. The molecule has 1 atom stereocenters. The highest BCUT2D eigenvalue weighted by atomic mass is 16.5. The summed E-state index contributed by atoms with van der Waals surface area (Å²) in [6, 6.07) is 6.05. The molecular weight excluding hydrogens is 202 g/mol. The van der Waals surface area contributed by atoms with Crippen LogP contribution in [0, 0.1) is 6.92 Å². The third kappa shape index (κ3) is 3.83. The second-order valence-electron chi connectivity index (χ2n) is 4.11. The number of benzene rings is 1. The van der Waals surface area contributed by atoms with Crippen molar-refractivity contribution in [3.63, 3.8) is 0 Å². The Bertz CT molecular complexity index is 324. The van der Waals surface area contributed by atoms with Crippen LogP contribution in [0.4, 0.5) is 0 Å². The first-order valence-corrected chi connectivity index (χ1v) is 5.75. The van der Waals surface area contributed by atoms with Crippen LogP contribution in [0.3, 0.4) is 0 Å². The predicted octanol–water partition coefficient (Wildman–Crippen LogP) is 2.17. The van der Waals surface area contributed by atoms with Gasteiger partial charge in [-0.3, -0.25) is 0 Å². The van der Waals surface area contributed by atoms with Crippen molar-refractivity contribution in [1.29, 1.82) is 0 Å². The van der Waals surface area contributed by atoms with Crippen LogP contribution in [0.2, 0.25) is 0 Å². The van der Waals surface area contributed by atoms with Gasteiger partial charge in [-0.15, -0.1) is 0 Å². The molecule has 90 valence electrons. The molecule has 1 aromatic carbocycles. The minimum atomic E-state index is -0.0200. The summed E-state index contributed by atoms with van der Waals surface area (Å²) in [5.41, 5.74) is 8.08. The van der Waals surface area contributed by atoms with Gasteiger partial charge in [0.15, 0.2) is 0 Å². The zero-order valence-electron chi connectivity index (χ0n) is 10.1. The van der Waals surface area contributed by atoms with Crippen LogP contribution in [0.15, 0.2) is 18.2 Å². The number of nitrogens with two attached hydrogens (primary N) is 1. The molecule has 0 aliphatic heterocycles. The Hall–Kier alpha value is -1.06. The summed E-state index contributed by atoms with van der Waals surface area (Å²) in [6.07, 6.45) is 1.64. The van der Waals surface area contributed by atoms with Gasteiger partial charge in [-0.1, -0.05) is 12.1 Å². The van der Waals surface area contributed by atoms with Gasteiger partial charge >= 0.3 is 0 Å². The number of aliphatic hydroxyl groups excluding tert-OH is 1. The number of ether oxygens (including phenoxy) is 1. The largest absolute Gasteiger partial charge is 0.493 e. The van der Waals surface area contributed by atoms with Gasteiger partial charge in [0.1, 0.15) is 5.75 Å². The molecule has 1 aromatic rings. The quantitative estimate of drug-likeness (QED) is 0.727. The van der Waals surface area contributed by atoms with Crippen LogP contribution in [-0.2, 0) is 0 Å². The molecule has 0 amide bonds. The Morgan fingerprint density at radius 1 is 1.38 bits per heavy atom. The van der Waals surface area contributed by atoms with Gasteiger partial charge in [0.2, 0.25) is 0 Å². The molecule has 0 fully saturated rings. The fourth-order valence-electron chi connectivity index (χ4n) is 1.54. The smallest absolute Gasteiger partial charge is 0.124 e. The predicted molar refractivity (Wildman–Crippen MR) is 65.6 cm³/mol. The maximum Gasteiger partial charge on any atom is 0.124 e. The molecule has 0 bridgehead atoms. The summed E-state index contributed by atoms with van der Waals surface area (Å²) in [5.74, 6) is 0.868. The van der Waals surface area contributed by atoms with Gasteiger partial charge in [-0.05, 0) is 38.3 Å². The lowest BCUT2D eigenvalue weighted by atomic mass is 10.1. The van der Waals surface area contributed by atoms with E-state index in [1.165, 1.54) is 5.56 Å². The topological polar surface area (TPSA) is 55.5 Å². The van der Waals surface area contributed by atoms with Crippen LogP contribution in [0.5, 0.6) is 5.75 Å². The number of hydrogen-bond acceptors (Lipinski definition) is 3. The lowest BCUT2D eigenvalue weighted by molar-refractivity contribution is 0.251. The van der Waals surface area contributed by atoms with E-state index in [0.29, 0.717) is 6.61 Å². The Morgan fingerprint density at radius 3 is 2.75 bits per heavy atom. The SMILES string of the molecule is Cc1ccc([C@H](C)N)c(OCCCCO)c1. The summed E-state index contributed by atoms with van der Waals surface area (Å²) in [7, 11) is 0. The normalized spacial score (nSPS) is 12.5. The average molecular weight is 223 g/mol. The van der Waals surface area contributed by atoms with Gasteiger partial charge in [0.25, 0.3) is 0 Å². The summed E-state index contributed by atoms with van der Waals surface area (Å²) in [6.45, 7) is 4.83. The zero-order valence-corrected chi connectivity index (χ0v) is 10.1. The Labute approximate surface area is 97.2 Å². The molecule has 0 unspecified atom stereocenters. The number of rotatable bonds is 6. The van der Waals surface area contributed by atoms with Gasteiger partial charge in [-0.2, -0.15) is 0 Å². The van der Waals surface area contributed by atoms with E-state index in [1.54, 1.807) is 0 Å². The molecule has 3 nitrogen and oxygen atoms in total. The van der Waals surface area contributed by atoms with Gasteiger partial charge in [0.05, 0.1) is 6.61 Å². The highest BCUT2D eigenvalue weighted by Crippen LogP contribution is 2.25. The summed E-state index contributed by atoms with van der Waals surface area (Å²) < 4.78 is 5.69. The van der Waals surface area contributed by atoms with E-state index < -0.39 is 0 Å². The molecule has 0 saturated heterocycles. The number of hydrogen-bond donors (Lipinski definition) is 2. The van der Waals surface area contributed by atoms with Crippen molar-refractivity contribution in [3.8, 4) is 5.75 Å². The van der Waals surface area contributed by atoms with Crippen molar-refractivity contribution in [2.24, 2.45) is 5.73 Å². The molecule has 0 heterocycles. The lowest BCUT2D eigenvalue weighted by Crippen LogP contribution is -2.09. The average Bonchev–Trinajstić information content (AvgIpc) is 2.24. The molecule has 0 radical (unpaired) electrons. The van der Waals surface area contributed by atoms with Crippen molar-refractivity contribution >= 4 is 0 Å². The molecule has 0 aliphatic rings. The summed E-state index contributed by atoms with van der Waals surface area (Å²) >= 11 is 0. The minimum Gasteiger partial charge on any atom is -0.493 e. The molecule has 0 saturated carbocycles. The molecule has 3 N–H and O–H groups in total. The van der Waals surface area contributed by atoms with Crippen LogP contribution in [0.25, 0.3) is 0 Å². The first kappa shape index (κ1) is 13.0. The first-order chi connectivity index (χ1) is 7.65. The fourth-order valence-corrected chi connectivity index (χ4v) is 1.54. The second kappa shape index (κ2) is 6.51. The van der Waals surface area contributed by atoms with E-state index >= 15 is 0 Å².